The minimum Gasteiger partial charge on any atom is -0.383 e. The van der Waals surface area contributed by atoms with Gasteiger partial charge in [0.05, 0.1) is 17.1 Å². The van der Waals surface area contributed by atoms with Crippen LogP contribution in [0.3, 0.4) is 0 Å². The molecule has 1 aromatic rings. The summed E-state index contributed by atoms with van der Waals surface area (Å²) in [4.78, 5) is 21.6. The van der Waals surface area contributed by atoms with Crippen LogP contribution in [-0.2, 0) is 9.53 Å². The van der Waals surface area contributed by atoms with Crippen LogP contribution in [0.2, 0.25) is 0 Å². The third kappa shape index (κ3) is 4.34. The molecule has 96 valence electrons. The maximum absolute atomic E-state index is 11.3. The van der Waals surface area contributed by atoms with Crippen molar-refractivity contribution in [3.05, 3.63) is 46.0 Å². The number of rotatable bonds is 6. The predicted octanol–water partition coefficient (Wildman–Crippen LogP) is 1.37. The van der Waals surface area contributed by atoms with Crippen LogP contribution in [0.15, 0.2) is 30.3 Å². The summed E-state index contributed by atoms with van der Waals surface area (Å²) in [6.45, 7) is 0.821. The number of hydrogen-bond donors (Lipinski definition) is 1. The van der Waals surface area contributed by atoms with Crippen molar-refractivity contribution in [3.8, 4) is 0 Å². The van der Waals surface area contributed by atoms with Gasteiger partial charge in [0.15, 0.2) is 0 Å². The third-order valence-corrected chi connectivity index (χ3v) is 2.15. The van der Waals surface area contributed by atoms with E-state index in [0.29, 0.717) is 18.7 Å². The summed E-state index contributed by atoms with van der Waals surface area (Å²) in [6, 6.07) is 6.23. The fraction of sp³-hybridized carbons (Fsp3) is 0.250. The minimum absolute atomic E-state index is 0.0292. The van der Waals surface area contributed by atoms with E-state index in [1.54, 1.807) is 18.2 Å². The van der Waals surface area contributed by atoms with Gasteiger partial charge in [-0.25, -0.2) is 0 Å². The van der Waals surface area contributed by atoms with Crippen molar-refractivity contribution >= 4 is 17.7 Å². The van der Waals surface area contributed by atoms with E-state index in [-0.39, 0.29) is 11.6 Å². The Morgan fingerprint density at radius 1 is 1.50 bits per heavy atom. The summed E-state index contributed by atoms with van der Waals surface area (Å²) in [7, 11) is 1.54. The van der Waals surface area contributed by atoms with Gasteiger partial charge in [-0.05, 0) is 12.1 Å². The van der Waals surface area contributed by atoms with E-state index in [0.717, 1.165) is 0 Å². The number of nitrogens with zero attached hydrogens (tertiary/aromatic N) is 1. The first-order valence-electron chi connectivity index (χ1n) is 5.33. The first-order chi connectivity index (χ1) is 8.65. The SMILES string of the molecule is COCCNC(=O)C=Cc1ccccc1[N+](=O)[O-]. The van der Waals surface area contributed by atoms with Crippen LogP contribution < -0.4 is 5.32 Å². The van der Waals surface area contributed by atoms with E-state index in [1.807, 2.05) is 0 Å². The summed E-state index contributed by atoms with van der Waals surface area (Å²) in [5.41, 5.74) is 0.364. The molecule has 1 N–H and O–H groups in total. The second kappa shape index (κ2) is 7.18. The fourth-order valence-electron chi connectivity index (χ4n) is 1.30. The third-order valence-electron chi connectivity index (χ3n) is 2.15. The van der Waals surface area contributed by atoms with E-state index in [9.17, 15) is 14.9 Å². The smallest absolute Gasteiger partial charge is 0.276 e. The molecule has 0 radical (unpaired) electrons. The molecular weight excluding hydrogens is 236 g/mol. The van der Waals surface area contributed by atoms with E-state index in [2.05, 4.69) is 5.32 Å². The summed E-state index contributed by atoms with van der Waals surface area (Å²) in [6.07, 6.45) is 2.68. The summed E-state index contributed by atoms with van der Waals surface area (Å²) in [5.74, 6) is -0.315. The molecule has 0 fully saturated rings. The van der Waals surface area contributed by atoms with E-state index >= 15 is 0 Å². The monoisotopic (exact) mass is 250 g/mol. The number of carbonyl (C=O) groups excluding carboxylic acids is 1. The zero-order chi connectivity index (χ0) is 13.4. The largest absolute Gasteiger partial charge is 0.383 e. The Labute approximate surface area is 104 Å². The molecule has 1 rings (SSSR count). The lowest BCUT2D eigenvalue weighted by Crippen LogP contribution is -2.24. The number of carbonyl (C=O) groups is 1. The lowest BCUT2D eigenvalue weighted by Gasteiger charge is -2.00. The standard InChI is InChI=1S/C12H14N2O4/c1-18-9-8-13-12(15)7-6-10-4-2-3-5-11(10)14(16)17/h2-7H,8-9H2,1H3,(H,13,15). The van der Waals surface area contributed by atoms with Gasteiger partial charge in [0.1, 0.15) is 0 Å². The molecule has 0 saturated carbocycles. The molecule has 0 saturated heterocycles. The van der Waals surface area contributed by atoms with Crippen LogP contribution in [0.5, 0.6) is 0 Å². The van der Waals surface area contributed by atoms with Crippen LogP contribution in [0.4, 0.5) is 5.69 Å². The van der Waals surface area contributed by atoms with Crippen molar-refractivity contribution in [1.29, 1.82) is 0 Å². The van der Waals surface area contributed by atoms with Crippen molar-refractivity contribution in [3.63, 3.8) is 0 Å². The number of nitrogens with one attached hydrogen (secondary N) is 1. The molecule has 0 bridgehead atoms. The first-order valence-corrected chi connectivity index (χ1v) is 5.33. The maximum Gasteiger partial charge on any atom is 0.276 e. The van der Waals surface area contributed by atoms with Crippen LogP contribution >= 0.6 is 0 Å². The maximum atomic E-state index is 11.3. The normalized spacial score (nSPS) is 10.5. The average Bonchev–Trinajstić information content (AvgIpc) is 2.37. The highest BCUT2D eigenvalue weighted by Gasteiger charge is 2.09. The second-order valence-corrected chi connectivity index (χ2v) is 3.43. The zero-order valence-corrected chi connectivity index (χ0v) is 9.96. The van der Waals surface area contributed by atoms with Crippen LogP contribution in [0.25, 0.3) is 6.08 Å². The van der Waals surface area contributed by atoms with Gasteiger partial charge in [-0.3, -0.25) is 14.9 Å². The molecule has 18 heavy (non-hydrogen) atoms. The molecule has 6 heteroatoms. The minimum atomic E-state index is -0.484. The quantitative estimate of drug-likeness (QED) is 0.358. The lowest BCUT2D eigenvalue weighted by molar-refractivity contribution is -0.385. The highest BCUT2D eigenvalue weighted by atomic mass is 16.6. The van der Waals surface area contributed by atoms with Crippen molar-refractivity contribution in [1.82, 2.24) is 5.32 Å². The molecule has 6 nitrogen and oxygen atoms in total. The Bertz CT molecular complexity index is 457. The number of amides is 1. The highest BCUT2D eigenvalue weighted by molar-refractivity contribution is 5.92. The summed E-state index contributed by atoms with van der Waals surface area (Å²) < 4.78 is 4.78. The number of nitro groups is 1. The molecule has 0 aliphatic heterocycles. The number of para-hydroxylation sites is 1. The topological polar surface area (TPSA) is 81.5 Å². The summed E-state index contributed by atoms with van der Waals surface area (Å²) >= 11 is 0. The molecule has 0 aliphatic carbocycles. The van der Waals surface area contributed by atoms with Crippen molar-refractivity contribution < 1.29 is 14.5 Å². The number of ether oxygens (including phenoxy) is 1. The number of methoxy groups -OCH3 is 1. The number of benzene rings is 1. The van der Waals surface area contributed by atoms with E-state index in [4.69, 9.17) is 4.74 Å². The van der Waals surface area contributed by atoms with E-state index < -0.39 is 4.92 Å². The molecule has 0 aromatic heterocycles. The van der Waals surface area contributed by atoms with E-state index in [1.165, 1.54) is 25.3 Å². The summed E-state index contributed by atoms with van der Waals surface area (Å²) in [5, 5.41) is 13.3. The van der Waals surface area contributed by atoms with Gasteiger partial charge >= 0.3 is 0 Å². The second-order valence-electron chi connectivity index (χ2n) is 3.43. The molecule has 1 amide bonds. The van der Waals surface area contributed by atoms with Crippen molar-refractivity contribution in [2.45, 2.75) is 0 Å². The number of hydrogen-bond acceptors (Lipinski definition) is 4. The zero-order valence-electron chi connectivity index (χ0n) is 9.96. The van der Waals surface area contributed by atoms with Gasteiger partial charge in [0.25, 0.3) is 5.69 Å². The van der Waals surface area contributed by atoms with Gasteiger partial charge in [-0.1, -0.05) is 12.1 Å². The average molecular weight is 250 g/mol. The Kier molecular flexibility index (Phi) is 5.53. The van der Waals surface area contributed by atoms with Gasteiger partial charge in [0, 0.05) is 25.8 Å². The molecule has 0 unspecified atom stereocenters. The van der Waals surface area contributed by atoms with Crippen LogP contribution in [-0.4, -0.2) is 31.1 Å². The molecular formula is C12H14N2O4. The molecule has 0 heterocycles. The highest BCUT2D eigenvalue weighted by Crippen LogP contribution is 2.18. The molecule has 0 aliphatic rings. The molecule has 1 aromatic carbocycles. The van der Waals surface area contributed by atoms with Gasteiger partial charge in [0.2, 0.25) is 5.91 Å². The number of nitro benzene ring substituents is 1. The van der Waals surface area contributed by atoms with Gasteiger partial charge in [-0.2, -0.15) is 0 Å². The Morgan fingerprint density at radius 3 is 2.89 bits per heavy atom. The van der Waals surface area contributed by atoms with Gasteiger partial charge in [-0.15, -0.1) is 0 Å². The Balaban J connectivity index is 2.66. The van der Waals surface area contributed by atoms with Crippen LogP contribution in [0.1, 0.15) is 5.56 Å². The Hall–Kier alpha value is -2.21. The lowest BCUT2D eigenvalue weighted by atomic mass is 10.1. The first kappa shape index (κ1) is 13.9. The van der Waals surface area contributed by atoms with Crippen LogP contribution in [0, 0.1) is 10.1 Å². The molecule has 0 atom stereocenters. The predicted molar refractivity (Wildman–Crippen MR) is 67.0 cm³/mol. The van der Waals surface area contributed by atoms with Crippen molar-refractivity contribution in [2.24, 2.45) is 0 Å². The fourth-order valence-corrected chi connectivity index (χ4v) is 1.30. The molecule has 0 spiro atoms. The van der Waals surface area contributed by atoms with Gasteiger partial charge < -0.3 is 10.1 Å². The Morgan fingerprint density at radius 2 is 2.22 bits per heavy atom. The van der Waals surface area contributed by atoms with Crippen molar-refractivity contribution in [2.75, 3.05) is 20.3 Å².